The topological polar surface area (TPSA) is 88.1 Å². The zero-order valence-electron chi connectivity index (χ0n) is 14.9. The normalized spacial score (nSPS) is 16.5. The molecule has 0 atom stereocenters. The standard InChI is InChI=1S/C18H19FN4O3S2/c19-14-4-1-2-5-15(14)23-16(20-21-18(23)24)12-13-7-9-22(10-8-13)28(25,26)17-6-3-11-27-17/h1-6,11,13H,7-10,12H2,(H,21,24). The smallest absolute Gasteiger partial charge is 0.246 e. The number of thiophene rings is 1. The lowest BCUT2D eigenvalue weighted by Crippen LogP contribution is -2.38. The molecule has 7 nitrogen and oxygen atoms in total. The molecule has 3 heterocycles. The number of nitrogens with zero attached hydrogens (tertiary/aromatic N) is 3. The number of aromatic amines is 1. The summed E-state index contributed by atoms with van der Waals surface area (Å²) in [5.41, 5.74) is -0.327. The lowest BCUT2D eigenvalue weighted by Gasteiger charge is -2.30. The highest BCUT2D eigenvalue weighted by Gasteiger charge is 2.31. The fraction of sp³-hybridized carbons (Fsp3) is 0.333. The molecule has 1 saturated heterocycles. The van der Waals surface area contributed by atoms with Crippen LogP contribution in [0.5, 0.6) is 0 Å². The molecule has 0 radical (unpaired) electrons. The summed E-state index contributed by atoms with van der Waals surface area (Å²) in [6.45, 7) is 0.832. The molecule has 1 N–H and O–H groups in total. The van der Waals surface area contributed by atoms with E-state index in [1.165, 1.54) is 32.3 Å². The van der Waals surface area contributed by atoms with Gasteiger partial charge in [-0.2, -0.15) is 9.40 Å². The maximum Gasteiger partial charge on any atom is 0.348 e. The first kappa shape index (κ1) is 19.0. The SMILES string of the molecule is O=c1[nH]nc(CC2CCN(S(=O)(=O)c3cccs3)CC2)n1-c1ccccc1F. The lowest BCUT2D eigenvalue weighted by molar-refractivity contribution is 0.270. The van der Waals surface area contributed by atoms with Gasteiger partial charge in [0, 0.05) is 19.5 Å². The first-order chi connectivity index (χ1) is 13.5. The average molecular weight is 423 g/mol. The van der Waals surface area contributed by atoms with Crippen molar-refractivity contribution < 1.29 is 12.8 Å². The number of nitrogens with one attached hydrogen (secondary N) is 1. The van der Waals surface area contributed by atoms with Gasteiger partial charge in [-0.1, -0.05) is 18.2 Å². The monoisotopic (exact) mass is 422 g/mol. The molecule has 1 fully saturated rings. The summed E-state index contributed by atoms with van der Waals surface area (Å²) in [5.74, 6) is 0.120. The maximum absolute atomic E-state index is 14.1. The molecule has 148 valence electrons. The Morgan fingerprint density at radius 3 is 2.61 bits per heavy atom. The van der Waals surface area contributed by atoms with Gasteiger partial charge in [-0.25, -0.2) is 27.3 Å². The van der Waals surface area contributed by atoms with Gasteiger partial charge in [0.2, 0.25) is 0 Å². The van der Waals surface area contributed by atoms with E-state index in [-0.39, 0.29) is 11.6 Å². The van der Waals surface area contributed by atoms with E-state index in [0.717, 1.165) is 0 Å². The molecule has 1 aliphatic heterocycles. The van der Waals surface area contributed by atoms with Crippen molar-refractivity contribution in [1.82, 2.24) is 19.1 Å². The van der Waals surface area contributed by atoms with Crippen molar-refractivity contribution in [3.8, 4) is 5.69 Å². The number of para-hydroxylation sites is 1. The van der Waals surface area contributed by atoms with Gasteiger partial charge >= 0.3 is 5.69 Å². The number of benzene rings is 1. The van der Waals surface area contributed by atoms with Gasteiger partial charge in [0.25, 0.3) is 10.0 Å². The molecule has 0 unspecified atom stereocenters. The van der Waals surface area contributed by atoms with Gasteiger partial charge < -0.3 is 0 Å². The van der Waals surface area contributed by atoms with E-state index in [2.05, 4.69) is 10.2 Å². The van der Waals surface area contributed by atoms with Crippen molar-refractivity contribution in [2.45, 2.75) is 23.5 Å². The van der Waals surface area contributed by atoms with E-state index >= 15 is 0 Å². The molecule has 0 amide bonds. The molecule has 1 aromatic carbocycles. The van der Waals surface area contributed by atoms with E-state index in [4.69, 9.17) is 0 Å². The summed E-state index contributed by atoms with van der Waals surface area (Å²) in [4.78, 5) is 12.1. The second-order valence-electron chi connectivity index (χ2n) is 6.72. The number of aromatic nitrogens is 3. The molecular formula is C18H19FN4O3S2. The second-order valence-corrected chi connectivity index (χ2v) is 9.83. The van der Waals surface area contributed by atoms with Crippen LogP contribution in [-0.4, -0.2) is 40.6 Å². The molecule has 0 saturated carbocycles. The average Bonchev–Trinajstić information content (AvgIpc) is 3.34. The van der Waals surface area contributed by atoms with Gasteiger partial charge in [-0.3, -0.25) is 0 Å². The van der Waals surface area contributed by atoms with Crippen LogP contribution in [-0.2, 0) is 16.4 Å². The molecule has 0 aliphatic carbocycles. The number of hydrogen-bond donors (Lipinski definition) is 1. The molecule has 3 aromatic rings. The highest BCUT2D eigenvalue weighted by Crippen LogP contribution is 2.28. The van der Waals surface area contributed by atoms with Crippen molar-refractivity contribution >= 4 is 21.4 Å². The molecule has 10 heteroatoms. The molecule has 4 rings (SSSR count). The van der Waals surface area contributed by atoms with Crippen LogP contribution in [0.25, 0.3) is 5.69 Å². The van der Waals surface area contributed by atoms with Gasteiger partial charge in [0.15, 0.2) is 0 Å². The molecule has 1 aliphatic rings. The molecule has 0 spiro atoms. The molecule has 0 bridgehead atoms. The highest BCUT2D eigenvalue weighted by atomic mass is 32.2. The fourth-order valence-corrected chi connectivity index (χ4v) is 6.11. The van der Waals surface area contributed by atoms with Gasteiger partial charge in [-0.15, -0.1) is 11.3 Å². The lowest BCUT2D eigenvalue weighted by atomic mass is 9.94. The van der Waals surface area contributed by atoms with Crippen molar-refractivity contribution in [3.05, 3.63) is 63.9 Å². The van der Waals surface area contributed by atoms with Crippen LogP contribution in [0.1, 0.15) is 18.7 Å². The van der Waals surface area contributed by atoms with Crippen LogP contribution < -0.4 is 5.69 Å². The van der Waals surface area contributed by atoms with E-state index in [1.807, 2.05) is 0 Å². The summed E-state index contributed by atoms with van der Waals surface area (Å²) in [7, 11) is -3.44. The number of sulfonamides is 1. The Morgan fingerprint density at radius 1 is 1.18 bits per heavy atom. The second kappa shape index (κ2) is 7.61. The Balaban J connectivity index is 1.48. The Kier molecular flexibility index (Phi) is 5.17. The van der Waals surface area contributed by atoms with Crippen LogP contribution in [0.4, 0.5) is 4.39 Å². The Hall–Kier alpha value is -2.30. The van der Waals surface area contributed by atoms with E-state index in [1.54, 1.807) is 29.6 Å². The molecule has 2 aromatic heterocycles. The van der Waals surface area contributed by atoms with Crippen LogP contribution in [0.3, 0.4) is 0 Å². The summed E-state index contributed by atoms with van der Waals surface area (Å²) in [6.07, 6.45) is 1.78. The van der Waals surface area contributed by atoms with Gasteiger partial charge in [0.05, 0.1) is 5.69 Å². The fourth-order valence-electron chi connectivity index (χ4n) is 3.50. The predicted molar refractivity (Wildman–Crippen MR) is 104 cm³/mol. The van der Waals surface area contributed by atoms with Crippen LogP contribution >= 0.6 is 11.3 Å². The van der Waals surface area contributed by atoms with E-state index in [0.29, 0.717) is 42.4 Å². The van der Waals surface area contributed by atoms with E-state index in [9.17, 15) is 17.6 Å². The third-order valence-electron chi connectivity index (χ3n) is 4.97. The molecule has 28 heavy (non-hydrogen) atoms. The third kappa shape index (κ3) is 3.54. The van der Waals surface area contributed by atoms with Crippen molar-refractivity contribution in [2.24, 2.45) is 5.92 Å². The quantitative estimate of drug-likeness (QED) is 0.684. The first-order valence-electron chi connectivity index (χ1n) is 8.91. The summed E-state index contributed by atoms with van der Waals surface area (Å²) >= 11 is 1.21. The largest absolute Gasteiger partial charge is 0.348 e. The highest BCUT2D eigenvalue weighted by molar-refractivity contribution is 7.91. The zero-order valence-corrected chi connectivity index (χ0v) is 16.5. The van der Waals surface area contributed by atoms with Gasteiger partial charge in [0.1, 0.15) is 15.9 Å². The summed E-state index contributed by atoms with van der Waals surface area (Å²) in [5, 5.41) is 8.20. The van der Waals surface area contributed by atoms with Crippen molar-refractivity contribution in [2.75, 3.05) is 13.1 Å². The zero-order chi connectivity index (χ0) is 19.7. The number of hydrogen-bond acceptors (Lipinski definition) is 5. The first-order valence-corrected chi connectivity index (χ1v) is 11.2. The number of halogens is 1. The summed E-state index contributed by atoms with van der Waals surface area (Å²) < 4.78 is 42.5. The minimum absolute atomic E-state index is 0.161. The molecular weight excluding hydrogens is 403 g/mol. The predicted octanol–water partition coefficient (Wildman–Crippen LogP) is 2.40. The maximum atomic E-state index is 14.1. The Bertz CT molecular complexity index is 1110. The number of rotatable bonds is 5. The third-order valence-corrected chi connectivity index (χ3v) is 8.24. The van der Waals surface area contributed by atoms with Crippen molar-refractivity contribution in [1.29, 1.82) is 0 Å². The summed E-state index contributed by atoms with van der Waals surface area (Å²) in [6, 6.07) is 9.40. The van der Waals surface area contributed by atoms with Crippen LogP contribution in [0, 0.1) is 11.7 Å². The Morgan fingerprint density at radius 2 is 1.93 bits per heavy atom. The number of H-pyrrole nitrogens is 1. The Labute approximate surface area is 165 Å². The number of piperidine rings is 1. The van der Waals surface area contributed by atoms with Gasteiger partial charge in [-0.05, 0) is 42.3 Å². The van der Waals surface area contributed by atoms with Crippen LogP contribution in [0.2, 0.25) is 0 Å². The van der Waals surface area contributed by atoms with E-state index < -0.39 is 21.5 Å². The van der Waals surface area contributed by atoms with Crippen molar-refractivity contribution in [3.63, 3.8) is 0 Å². The minimum Gasteiger partial charge on any atom is -0.246 e. The van der Waals surface area contributed by atoms with Crippen LogP contribution in [0.15, 0.2) is 50.8 Å². The minimum atomic E-state index is -3.44.